The minimum absolute atomic E-state index is 0.0957. The number of hydrogen-bond acceptors (Lipinski definition) is 5. The minimum Gasteiger partial charge on any atom is -0.478 e. The van der Waals surface area contributed by atoms with E-state index in [0.717, 1.165) is 6.07 Å². The number of aromatic carboxylic acids is 1. The van der Waals surface area contributed by atoms with Crippen LogP contribution in [0.15, 0.2) is 12.1 Å². The molecule has 0 aliphatic heterocycles. The van der Waals surface area contributed by atoms with Crippen molar-refractivity contribution in [2.45, 2.75) is 19.9 Å². The maximum absolute atomic E-state index is 13.5. The van der Waals surface area contributed by atoms with E-state index in [-0.39, 0.29) is 24.3 Å². The number of benzene rings is 1. The van der Waals surface area contributed by atoms with Crippen LogP contribution in [0.1, 0.15) is 24.2 Å². The van der Waals surface area contributed by atoms with Gasteiger partial charge in [0.15, 0.2) is 0 Å². The topological polar surface area (TPSA) is 113 Å². The zero-order valence-electron chi connectivity index (χ0n) is 11.0. The fourth-order valence-corrected chi connectivity index (χ4v) is 1.54. The lowest BCUT2D eigenvalue weighted by molar-refractivity contribution is -0.384. The highest BCUT2D eigenvalue weighted by molar-refractivity contribution is 5.90. The third-order valence-electron chi connectivity index (χ3n) is 3.04. The third-order valence-corrected chi connectivity index (χ3v) is 3.04. The lowest BCUT2D eigenvalue weighted by atomic mass is 10.0. The fourth-order valence-electron chi connectivity index (χ4n) is 1.54. The Balaban J connectivity index is 3.24. The highest BCUT2D eigenvalue weighted by atomic mass is 19.1. The first-order valence-corrected chi connectivity index (χ1v) is 5.86. The summed E-state index contributed by atoms with van der Waals surface area (Å²) in [4.78, 5) is 20.9. The number of aliphatic hydroxyl groups excluding tert-OH is 1. The summed E-state index contributed by atoms with van der Waals surface area (Å²) < 4.78 is 13.5. The van der Waals surface area contributed by atoms with Crippen LogP contribution in [0, 0.1) is 21.8 Å². The van der Waals surface area contributed by atoms with Gasteiger partial charge in [-0.2, -0.15) is 0 Å². The molecule has 0 bridgehead atoms. The van der Waals surface area contributed by atoms with E-state index in [1.807, 2.05) is 0 Å². The van der Waals surface area contributed by atoms with Gasteiger partial charge < -0.3 is 15.5 Å². The Bertz CT molecular complexity index is 535. The summed E-state index contributed by atoms with van der Waals surface area (Å²) >= 11 is 0. The Morgan fingerprint density at radius 2 is 2.10 bits per heavy atom. The molecule has 3 N–H and O–H groups in total. The van der Waals surface area contributed by atoms with Crippen LogP contribution < -0.4 is 5.32 Å². The van der Waals surface area contributed by atoms with Crippen molar-refractivity contribution < 1.29 is 24.3 Å². The van der Waals surface area contributed by atoms with Crippen molar-refractivity contribution in [3.05, 3.63) is 33.6 Å². The van der Waals surface area contributed by atoms with E-state index in [1.54, 1.807) is 13.8 Å². The van der Waals surface area contributed by atoms with E-state index >= 15 is 0 Å². The number of anilines is 1. The number of carbonyl (C=O) groups is 1. The van der Waals surface area contributed by atoms with Crippen LogP contribution in [-0.2, 0) is 0 Å². The molecule has 0 saturated heterocycles. The van der Waals surface area contributed by atoms with E-state index in [0.29, 0.717) is 6.07 Å². The molecule has 0 heterocycles. The predicted octanol–water partition coefficient (Wildman–Crippen LogP) is 1.86. The lowest BCUT2D eigenvalue weighted by Gasteiger charge is -2.20. The van der Waals surface area contributed by atoms with Gasteiger partial charge in [0.25, 0.3) is 5.69 Å². The molecule has 7 nitrogen and oxygen atoms in total. The van der Waals surface area contributed by atoms with Gasteiger partial charge in [-0.05, 0) is 18.9 Å². The normalized spacial score (nSPS) is 13.6. The van der Waals surface area contributed by atoms with Crippen molar-refractivity contribution in [1.29, 1.82) is 0 Å². The largest absolute Gasteiger partial charge is 0.478 e. The summed E-state index contributed by atoms with van der Waals surface area (Å²) in [6.45, 7) is 3.24. The summed E-state index contributed by atoms with van der Waals surface area (Å²) in [6.07, 6.45) is 0. The van der Waals surface area contributed by atoms with Gasteiger partial charge in [-0.15, -0.1) is 0 Å². The van der Waals surface area contributed by atoms with Gasteiger partial charge in [-0.1, -0.05) is 6.92 Å². The molecule has 20 heavy (non-hydrogen) atoms. The van der Waals surface area contributed by atoms with Gasteiger partial charge in [-0.3, -0.25) is 10.1 Å². The number of halogens is 1. The first-order valence-electron chi connectivity index (χ1n) is 5.86. The molecule has 0 saturated carbocycles. The summed E-state index contributed by atoms with van der Waals surface area (Å²) in [5.74, 6) is -2.89. The van der Waals surface area contributed by atoms with Gasteiger partial charge in [0.05, 0.1) is 16.6 Å². The molecular formula is C12H15FN2O5. The molecule has 0 radical (unpaired) electrons. The Kier molecular flexibility index (Phi) is 4.98. The average molecular weight is 286 g/mol. The Morgan fingerprint density at radius 3 is 2.55 bits per heavy atom. The molecule has 0 aromatic heterocycles. The van der Waals surface area contributed by atoms with Crippen LogP contribution >= 0.6 is 0 Å². The highest BCUT2D eigenvalue weighted by Crippen LogP contribution is 2.29. The van der Waals surface area contributed by atoms with Crippen LogP contribution in [0.3, 0.4) is 0 Å². The molecule has 1 aromatic carbocycles. The van der Waals surface area contributed by atoms with Gasteiger partial charge in [0.2, 0.25) is 0 Å². The molecule has 0 fully saturated rings. The quantitative estimate of drug-likeness (QED) is 0.543. The standard InChI is InChI=1S/C12H15FN2O5/c1-6(5-16)7(2)14-10-3-8(12(17)18)9(13)4-11(10)15(19)20/h3-4,6-7,14,16H,5H2,1-2H3,(H,17,18). The van der Waals surface area contributed by atoms with E-state index < -0.39 is 28.0 Å². The predicted molar refractivity (Wildman–Crippen MR) is 69.3 cm³/mol. The number of carboxylic acid groups (broad SMARTS) is 1. The number of nitro groups is 1. The molecule has 0 amide bonds. The monoisotopic (exact) mass is 286 g/mol. The third kappa shape index (κ3) is 3.41. The Hall–Kier alpha value is -2.22. The highest BCUT2D eigenvalue weighted by Gasteiger charge is 2.23. The van der Waals surface area contributed by atoms with Crippen molar-refractivity contribution >= 4 is 17.3 Å². The van der Waals surface area contributed by atoms with Crippen LogP contribution in [-0.4, -0.2) is 33.8 Å². The van der Waals surface area contributed by atoms with Crippen molar-refractivity contribution in [2.75, 3.05) is 11.9 Å². The molecule has 2 atom stereocenters. The van der Waals surface area contributed by atoms with Crippen LogP contribution in [0.4, 0.5) is 15.8 Å². The fraction of sp³-hybridized carbons (Fsp3) is 0.417. The Labute approximate surface area is 114 Å². The van der Waals surface area contributed by atoms with Crippen LogP contribution in [0.5, 0.6) is 0 Å². The number of carboxylic acids is 1. The first kappa shape index (κ1) is 15.8. The van der Waals surface area contributed by atoms with Gasteiger partial charge in [0, 0.05) is 12.6 Å². The number of hydrogen-bond donors (Lipinski definition) is 3. The number of nitrogens with one attached hydrogen (secondary N) is 1. The number of rotatable bonds is 6. The molecule has 0 spiro atoms. The molecule has 8 heteroatoms. The summed E-state index contributed by atoms with van der Waals surface area (Å²) in [5, 5.41) is 31.5. The molecule has 1 rings (SSSR count). The van der Waals surface area contributed by atoms with Gasteiger partial charge in [-0.25, -0.2) is 9.18 Å². The smallest absolute Gasteiger partial charge is 0.338 e. The van der Waals surface area contributed by atoms with E-state index in [4.69, 9.17) is 10.2 Å². The summed E-state index contributed by atoms with van der Waals surface area (Å²) in [6, 6.07) is 1.10. The second kappa shape index (κ2) is 6.29. The van der Waals surface area contributed by atoms with Gasteiger partial charge >= 0.3 is 5.97 Å². The maximum Gasteiger partial charge on any atom is 0.338 e. The van der Waals surface area contributed by atoms with E-state index in [9.17, 15) is 19.3 Å². The molecule has 0 aliphatic carbocycles. The zero-order valence-corrected chi connectivity index (χ0v) is 11.0. The second-order valence-electron chi connectivity index (χ2n) is 4.50. The second-order valence-corrected chi connectivity index (χ2v) is 4.50. The van der Waals surface area contributed by atoms with Crippen LogP contribution in [0.25, 0.3) is 0 Å². The number of nitrogens with zero attached hydrogens (tertiary/aromatic N) is 1. The maximum atomic E-state index is 13.5. The van der Waals surface area contributed by atoms with Crippen molar-refractivity contribution in [2.24, 2.45) is 5.92 Å². The van der Waals surface area contributed by atoms with Crippen molar-refractivity contribution in [1.82, 2.24) is 0 Å². The average Bonchev–Trinajstić information content (AvgIpc) is 2.38. The SMILES string of the molecule is CC(CO)C(C)Nc1cc(C(=O)O)c(F)cc1[N+](=O)[O-]. The lowest BCUT2D eigenvalue weighted by Crippen LogP contribution is -2.26. The van der Waals surface area contributed by atoms with Gasteiger partial charge in [0.1, 0.15) is 11.5 Å². The van der Waals surface area contributed by atoms with Crippen LogP contribution in [0.2, 0.25) is 0 Å². The first-order chi connectivity index (χ1) is 9.27. The molecule has 2 unspecified atom stereocenters. The zero-order chi connectivity index (χ0) is 15.4. The van der Waals surface area contributed by atoms with E-state index in [1.165, 1.54) is 0 Å². The molecule has 110 valence electrons. The summed E-state index contributed by atoms with van der Waals surface area (Å²) in [5.41, 5.74) is -1.30. The van der Waals surface area contributed by atoms with Crippen molar-refractivity contribution in [3.8, 4) is 0 Å². The van der Waals surface area contributed by atoms with E-state index in [2.05, 4.69) is 5.32 Å². The van der Waals surface area contributed by atoms with Crippen molar-refractivity contribution in [3.63, 3.8) is 0 Å². The molecule has 0 aliphatic rings. The Morgan fingerprint density at radius 1 is 1.50 bits per heavy atom. The number of nitro benzene ring substituents is 1. The minimum atomic E-state index is -1.51. The molecular weight excluding hydrogens is 271 g/mol. The molecule has 1 aromatic rings. The number of aliphatic hydroxyl groups is 1. The summed E-state index contributed by atoms with van der Waals surface area (Å²) in [7, 11) is 0.